The van der Waals surface area contributed by atoms with Crippen LogP contribution in [0, 0.1) is 0 Å². The Kier molecular flexibility index (Phi) is 8.16. The summed E-state index contributed by atoms with van der Waals surface area (Å²) in [6, 6.07) is 7.67. The predicted octanol–water partition coefficient (Wildman–Crippen LogP) is 5.06. The fourth-order valence-corrected chi connectivity index (χ4v) is 2.41. The number of unbranched alkanes of at least 4 members (excludes halogenated alkanes) is 6. The van der Waals surface area contributed by atoms with Crippen LogP contribution in [0.2, 0.25) is 0 Å². The molecule has 0 fully saturated rings. The Bertz CT molecular complexity index is 299. The summed E-state index contributed by atoms with van der Waals surface area (Å²) in [5.74, 6) is 0.449. The first-order chi connectivity index (χ1) is 8.34. The van der Waals surface area contributed by atoms with Gasteiger partial charge in [0.05, 0.1) is 0 Å². The molecule has 0 aliphatic rings. The fraction of sp³-hybridized carbons (Fsp3) is 0.600. The maximum atomic E-state index is 9.61. The third-order valence-corrected chi connectivity index (χ3v) is 3.63. The van der Waals surface area contributed by atoms with Crippen molar-refractivity contribution in [2.24, 2.45) is 0 Å². The average molecular weight is 299 g/mol. The average Bonchev–Trinajstić information content (AvgIpc) is 2.35. The number of para-hydroxylation sites is 1. The zero-order chi connectivity index (χ0) is 12.3. The lowest BCUT2D eigenvalue weighted by Crippen LogP contribution is -1.87. The van der Waals surface area contributed by atoms with E-state index in [1.165, 1.54) is 44.9 Å². The quantitative estimate of drug-likeness (QED) is 0.499. The maximum Gasteiger partial charge on any atom is 0.118 e. The minimum absolute atomic E-state index is 0.449. The van der Waals surface area contributed by atoms with Gasteiger partial charge in [0.15, 0.2) is 0 Å². The molecule has 0 atom stereocenters. The van der Waals surface area contributed by atoms with Crippen molar-refractivity contribution in [1.82, 2.24) is 0 Å². The van der Waals surface area contributed by atoms with Gasteiger partial charge in [-0.2, -0.15) is 0 Å². The van der Waals surface area contributed by atoms with E-state index in [2.05, 4.69) is 15.9 Å². The molecule has 0 saturated heterocycles. The van der Waals surface area contributed by atoms with Crippen LogP contribution < -0.4 is 0 Å². The van der Waals surface area contributed by atoms with Gasteiger partial charge in [-0.15, -0.1) is 0 Å². The van der Waals surface area contributed by atoms with Crippen molar-refractivity contribution in [2.45, 2.75) is 51.4 Å². The van der Waals surface area contributed by atoms with Crippen molar-refractivity contribution < 1.29 is 5.11 Å². The van der Waals surface area contributed by atoms with Crippen molar-refractivity contribution in [2.75, 3.05) is 5.33 Å². The summed E-state index contributed by atoms with van der Waals surface area (Å²) in [6.45, 7) is 0. The zero-order valence-electron chi connectivity index (χ0n) is 10.5. The number of aryl methyl sites for hydroxylation is 1. The number of phenols is 1. The number of alkyl halides is 1. The van der Waals surface area contributed by atoms with Crippen LogP contribution in [0.3, 0.4) is 0 Å². The van der Waals surface area contributed by atoms with E-state index in [9.17, 15) is 5.11 Å². The van der Waals surface area contributed by atoms with Crippen LogP contribution in [-0.2, 0) is 6.42 Å². The molecule has 0 amide bonds. The van der Waals surface area contributed by atoms with E-state index in [1.54, 1.807) is 6.07 Å². The van der Waals surface area contributed by atoms with Crippen molar-refractivity contribution in [3.63, 3.8) is 0 Å². The van der Waals surface area contributed by atoms with E-state index in [-0.39, 0.29) is 0 Å². The summed E-state index contributed by atoms with van der Waals surface area (Å²) in [6.07, 6.45) is 10.2. The topological polar surface area (TPSA) is 20.2 Å². The Morgan fingerprint density at radius 2 is 1.41 bits per heavy atom. The fourth-order valence-electron chi connectivity index (χ4n) is 2.02. The number of rotatable bonds is 9. The molecule has 2 heteroatoms. The van der Waals surface area contributed by atoms with Crippen LogP contribution in [0.1, 0.15) is 50.5 Å². The standard InChI is InChI=1S/C15H23BrO/c16-13-9-5-3-1-2-4-6-10-14-11-7-8-12-15(14)17/h7-8,11-12,17H,1-6,9-10,13H2. The number of phenolic OH excluding ortho intramolecular Hbond substituents is 1. The summed E-state index contributed by atoms with van der Waals surface area (Å²) < 4.78 is 0. The van der Waals surface area contributed by atoms with Crippen LogP contribution in [-0.4, -0.2) is 10.4 Å². The molecular weight excluding hydrogens is 276 g/mol. The SMILES string of the molecule is Oc1ccccc1CCCCCCCCCBr. The number of halogens is 1. The third kappa shape index (κ3) is 6.72. The second kappa shape index (κ2) is 9.52. The first kappa shape index (κ1) is 14.6. The van der Waals surface area contributed by atoms with Crippen molar-refractivity contribution in [3.8, 4) is 5.75 Å². The normalized spacial score (nSPS) is 10.6. The van der Waals surface area contributed by atoms with Gasteiger partial charge in [-0.05, 0) is 30.9 Å². The maximum absolute atomic E-state index is 9.61. The Morgan fingerprint density at radius 3 is 2.06 bits per heavy atom. The molecule has 0 unspecified atom stereocenters. The molecule has 17 heavy (non-hydrogen) atoms. The Hall–Kier alpha value is -0.500. The van der Waals surface area contributed by atoms with E-state index < -0.39 is 0 Å². The van der Waals surface area contributed by atoms with Crippen molar-refractivity contribution in [3.05, 3.63) is 29.8 Å². The molecular formula is C15H23BrO. The van der Waals surface area contributed by atoms with Crippen LogP contribution in [0.4, 0.5) is 0 Å². The molecule has 0 aliphatic heterocycles. The molecule has 1 rings (SSSR count). The molecule has 0 bridgehead atoms. The van der Waals surface area contributed by atoms with Gasteiger partial charge in [0.1, 0.15) is 5.75 Å². The highest BCUT2D eigenvalue weighted by Crippen LogP contribution is 2.18. The molecule has 96 valence electrons. The third-order valence-electron chi connectivity index (χ3n) is 3.07. The minimum Gasteiger partial charge on any atom is -0.508 e. The van der Waals surface area contributed by atoms with Gasteiger partial charge in [-0.25, -0.2) is 0 Å². The smallest absolute Gasteiger partial charge is 0.118 e. The van der Waals surface area contributed by atoms with E-state index in [1.807, 2.05) is 18.2 Å². The molecule has 0 aromatic heterocycles. The van der Waals surface area contributed by atoms with Gasteiger partial charge in [0.25, 0.3) is 0 Å². The first-order valence-electron chi connectivity index (χ1n) is 6.67. The number of aromatic hydroxyl groups is 1. The van der Waals surface area contributed by atoms with Gasteiger partial charge in [-0.1, -0.05) is 66.2 Å². The molecule has 1 aromatic rings. The summed E-state index contributed by atoms with van der Waals surface area (Å²) in [5.41, 5.74) is 1.09. The Morgan fingerprint density at radius 1 is 0.824 bits per heavy atom. The molecule has 0 saturated carbocycles. The Labute approximate surface area is 113 Å². The highest BCUT2D eigenvalue weighted by Gasteiger charge is 1.98. The lowest BCUT2D eigenvalue weighted by atomic mass is 10.0. The van der Waals surface area contributed by atoms with E-state index in [0.29, 0.717) is 5.75 Å². The second-order valence-electron chi connectivity index (χ2n) is 4.54. The monoisotopic (exact) mass is 298 g/mol. The van der Waals surface area contributed by atoms with Gasteiger partial charge < -0.3 is 5.11 Å². The van der Waals surface area contributed by atoms with Gasteiger partial charge in [0.2, 0.25) is 0 Å². The van der Waals surface area contributed by atoms with Gasteiger partial charge >= 0.3 is 0 Å². The summed E-state index contributed by atoms with van der Waals surface area (Å²) in [7, 11) is 0. The molecule has 0 aliphatic carbocycles. The molecule has 0 radical (unpaired) electrons. The lowest BCUT2D eigenvalue weighted by molar-refractivity contribution is 0.466. The largest absolute Gasteiger partial charge is 0.508 e. The Balaban J connectivity index is 1.99. The minimum atomic E-state index is 0.449. The van der Waals surface area contributed by atoms with Crippen molar-refractivity contribution >= 4 is 15.9 Å². The molecule has 0 spiro atoms. The molecule has 1 N–H and O–H groups in total. The van der Waals surface area contributed by atoms with Gasteiger partial charge in [-0.3, -0.25) is 0 Å². The van der Waals surface area contributed by atoms with Crippen LogP contribution in [0.15, 0.2) is 24.3 Å². The molecule has 0 heterocycles. The van der Waals surface area contributed by atoms with Crippen LogP contribution in [0.25, 0.3) is 0 Å². The highest BCUT2D eigenvalue weighted by atomic mass is 79.9. The number of hydrogen-bond donors (Lipinski definition) is 1. The zero-order valence-corrected chi connectivity index (χ0v) is 12.1. The predicted molar refractivity (Wildman–Crippen MR) is 77.9 cm³/mol. The van der Waals surface area contributed by atoms with Crippen molar-refractivity contribution in [1.29, 1.82) is 0 Å². The second-order valence-corrected chi connectivity index (χ2v) is 5.34. The number of benzene rings is 1. The first-order valence-corrected chi connectivity index (χ1v) is 7.79. The van der Waals surface area contributed by atoms with E-state index >= 15 is 0 Å². The molecule has 1 nitrogen and oxygen atoms in total. The molecule has 1 aromatic carbocycles. The van der Waals surface area contributed by atoms with Gasteiger partial charge in [0, 0.05) is 5.33 Å². The highest BCUT2D eigenvalue weighted by molar-refractivity contribution is 9.09. The summed E-state index contributed by atoms with van der Waals surface area (Å²) >= 11 is 3.45. The van der Waals surface area contributed by atoms with Crippen LogP contribution >= 0.6 is 15.9 Å². The van der Waals surface area contributed by atoms with Crippen LogP contribution in [0.5, 0.6) is 5.75 Å². The summed E-state index contributed by atoms with van der Waals surface area (Å²) in [5, 5.41) is 10.7. The van der Waals surface area contributed by atoms with E-state index in [0.717, 1.165) is 17.3 Å². The van der Waals surface area contributed by atoms with E-state index in [4.69, 9.17) is 0 Å². The summed E-state index contributed by atoms with van der Waals surface area (Å²) in [4.78, 5) is 0. The lowest BCUT2D eigenvalue weighted by Gasteiger charge is -2.04. The number of hydrogen-bond acceptors (Lipinski definition) is 1.